The number of amidine groups is 1. The fourth-order valence-corrected chi connectivity index (χ4v) is 3.76. The fraction of sp³-hybridized carbons (Fsp3) is 0.174. The topological polar surface area (TPSA) is 101 Å². The number of aryl methyl sites for hydroxylation is 1. The minimum absolute atomic E-state index is 0.172. The lowest BCUT2D eigenvalue weighted by Gasteiger charge is -2.19. The van der Waals surface area contributed by atoms with Gasteiger partial charge in [-0.25, -0.2) is 9.37 Å². The van der Waals surface area contributed by atoms with Gasteiger partial charge in [-0.1, -0.05) is 30.3 Å². The maximum absolute atomic E-state index is 14.7. The Morgan fingerprint density at radius 2 is 2.03 bits per heavy atom. The Kier molecular flexibility index (Phi) is 5.29. The Morgan fingerprint density at radius 1 is 1.26 bits per heavy atom. The van der Waals surface area contributed by atoms with Crippen LogP contribution in [-0.2, 0) is 0 Å². The van der Waals surface area contributed by atoms with Crippen LogP contribution in [0, 0.1) is 12.7 Å². The number of rotatable bonds is 5. The summed E-state index contributed by atoms with van der Waals surface area (Å²) in [5, 5.41) is 4.26. The summed E-state index contributed by atoms with van der Waals surface area (Å²) in [5.41, 5.74) is 8.00. The lowest BCUT2D eigenvalue weighted by molar-refractivity contribution is 0.609. The number of aromatic amines is 1. The fourth-order valence-electron chi connectivity index (χ4n) is 3.76. The van der Waals surface area contributed by atoms with Crippen molar-refractivity contribution in [3.05, 3.63) is 88.0 Å². The van der Waals surface area contributed by atoms with E-state index in [1.54, 1.807) is 25.2 Å². The molecule has 2 heterocycles. The van der Waals surface area contributed by atoms with Crippen LogP contribution in [0.3, 0.4) is 0 Å². The van der Waals surface area contributed by atoms with E-state index >= 15 is 0 Å². The van der Waals surface area contributed by atoms with Gasteiger partial charge in [-0.3, -0.25) is 14.4 Å². The molecule has 0 aliphatic heterocycles. The first-order valence-electron chi connectivity index (χ1n) is 9.87. The van der Waals surface area contributed by atoms with Crippen molar-refractivity contribution in [2.75, 3.05) is 12.4 Å². The van der Waals surface area contributed by atoms with Crippen molar-refractivity contribution in [2.24, 2.45) is 10.7 Å². The van der Waals surface area contributed by atoms with E-state index in [1.807, 2.05) is 38.1 Å². The average Bonchev–Trinajstić information content (AvgIpc) is 3.23. The van der Waals surface area contributed by atoms with Crippen LogP contribution < -0.4 is 16.6 Å². The highest BCUT2D eigenvalue weighted by Crippen LogP contribution is 2.26. The van der Waals surface area contributed by atoms with Gasteiger partial charge in [0, 0.05) is 7.05 Å². The second-order valence-electron chi connectivity index (χ2n) is 7.27. The molecule has 0 fully saturated rings. The normalized spacial score (nSPS) is 12.8. The van der Waals surface area contributed by atoms with Crippen molar-refractivity contribution in [1.29, 1.82) is 0 Å². The third kappa shape index (κ3) is 3.56. The zero-order valence-corrected chi connectivity index (χ0v) is 17.5. The van der Waals surface area contributed by atoms with Crippen LogP contribution in [-0.4, -0.2) is 27.4 Å². The molecular weight excluding hydrogens is 395 g/mol. The van der Waals surface area contributed by atoms with E-state index in [-0.39, 0.29) is 17.1 Å². The number of fused-ring (bicyclic) bond motifs is 1. The standard InChI is InChI=1S/C23H23FN6O/c1-13-7-6-8-15-11-18(14(2)29-21(25)20-22(26-3)28-12-27-20)30(23(31)19(13)15)17-10-5-4-9-16(17)24/h4-12,14,26H,1-3H3,(H2,25,29)(H,27,28). The van der Waals surface area contributed by atoms with Gasteiger partial charge in [-0.2, -0.15) is 0 Å². The third-order valence-corrected chi connectivity index (χ3v) is 5.27. The molecule has 2 aromatic carbocycles. The number of nitrogens with one attached hydrogen (secondary N) is 2. The lowest BCUT2D eigenvalue weighted by atomic mass is 10.0. The first-order valence-corrected chi connectivity index (χ1v) is 9.87. The second-order valence-corrected chi connectivity index (χ2v) is 7.27. The number of imidazole rings is 1. The number of halogens is 1. The number of aromatic nitrogens is 3. The molecule has 0 spiro atoms. The summed E-state index contributed by atoms with van der Waals surface area (Å²) in [6.45, 7) is 3.68. The number of hydrogen-bond donors (Lipinski definition) is 3. The van der Waals surface area contributed by atoms with Gasteiger partial charge in [0.05, 0.1) is 29.1 Å². The molecule has 158 valence electrons. The Morgan fingerprint density at radius 3 is 2.77 bits per heavy atom. The van der Waals surface area contributed by atoms with Crippen LogP contribution in [0.1, 0.15) is 29.9 Å². The number of H-pyrrole nitrogens is 1. The van der Waals surface area contributed by atoms with Gasteiger partial charge in [-0.05, 0) is 43.0 Å². The number of benzene rings is 2. The van der Waals surface area contributed by atoms with Crippen LogP contribution >= 0.6 is 0 Å². The molecule has 0 aliphatic carbocycles. The van der Waals surface area contributed by atoms with Crippen LogP contribution in [0.25, 0.3) is 16.5 Å². The molecule has 8 heteroatoms. The van der Waals surface area contributed by atoms with Gasteiger partial charge >= 0.3 is 0 Å². The van der Waals surface area contributed by atoms with E-state index in [0.29, 0.717) is 22.6 Å². The number of aliphatic imine (C=N–C) groups is 1. The van der Waals surface area contributed by atoms with Gasteiger partial charge in [-0.15, -0.1) is 0 Å². The van der Waals surface area contributed by atoms with Crippen molar-refractivity contribution in [2.45, 2.75) is 19.9 Å². The first-order chi connectivity index (χ1) is 14.9. The van der Waals surface area contributed by atoms with Gasteiger partial charge in [0.1, 0.15) is 17.3 Å². The zero-order chi connectivity index (χ0) is 22.1. The highest BCUT2D eigenvalue weighted by atomic mass is 19.1. The molecule has 0 amide bonds. The van der Waals surface area contributed by atoms with Crippen molar-refractivity contribution in [1.82, 2.24) is 14.5 Å². The Balaban J connectivity index is 1.97. The molecule has 4 aromatic rings. The third-order valence-electron chi connectivity index (χ3n) is 5.27. The van der Waals surface area contributed by atoms with Crippen molar-refractivity contribution in [3.63, 3.8) is 0 Å². The van der Waals surface area contributed by atoms with E-state index in [0.717, 1.165) is 10.9 Å². The average molecular weight is 418 g/mol. The van der Waals surface area contributed by atoms with Gasteiger partial charge < -0.3 is 16.0 Å². The van der Waals surface area contributed by atoms with Crippen molar-refractivity contribution < 1.29 is 4.39 Å². The minimum atomic E-state index is -0.537. The van der Waals surface area contributed by atoms with E-state index in [2.05, 4.69) is 20.3 Å². The molecule has 4 rings (SSSR count). The molecule has 0 bridgehead atoms. The summed E-state index contributed by atoms with van der Waals surface area (Å²) in [4.78, 5) is 25.2. The number of pyridine rings is 1. The Labute approximate surface area is 178 Å². The quantitative estimate of drug-likeness (QED) is 0.340. The number of nitrogens with zero attached hydrogens (tertiary/aromatic N) is 3. The van der Waals surface area contributed by atoms with Crippen LogP contribution in [0.2, 0.25) is 0 Å². The molecule has 0 saturated carbocycles. The molecule has 4 N–H and O–H groups in total. The number of hydrogen-bond acceptors (Lipinski definition) is 4. The molecular formula is C23H23FN6O. The Bertz CT molecular complexity index is 1350. The van der Waals surface area contributed by atoms with E-state index in [1.165, 1.54) is 17.0 Å². The lowest BCUT2D eigenvalue weighted by Crippen LogP contribution is -2.25. The molecule has 31 heavy (non-hydrogen) atoms. The molecule has 0 aliphatic rings. The predicted molar refractivity (Wildman–Crippen MR) is 122 cm³/mol. The molecule has 0 radical (unpaired) electrons. The van der Waals surface area contributed by atoms with Gasteiger partial charge in [0.2, 0.25) is 0 Å². The van der Waals surface area contributed by atoms with Crippen LogP contribution in [0.15, 0.2) is 64.6 Å². The first kappa shape index (κ1) is 20.3. The number of anilines is 1. The molecule has 2 aromatic heterocycles. The largest absolute Gasteiger partial charge is 0.382 e. The highest BCUT2D eigenvalue weighted by Gasteiger charge is 2.20. The summed E-state index contributed by atoms with van der Waals surface area (Å²) >= 11 is 0. The van der Waals surface area contributed by atoms with Gasteiger partial charge in [0.25, 0.3) is 5.56 Å². The SMILES string of the molecule is CNc1nc[nH]c1C(N)=NC(C)c1cc2cccc(C)c2c(=O)n1-c1ccccc1F. The summed E-state index contributed by atoms with van der Waals surface area (Å²) in [6.07, 6.45) is 1.52. The number of para-hydroxylation sites is 1. The maximum Gasteiger partial charge on any atom is 0.263 e. The highest BCUT2D eigenvalue weighted by molar-refractivity contribution is 6.00. The Hall–Kier alpha value is -3.94. The molecule has 1 atom stereocenters. The van der Waals surface area contributed by atoms with E-state index in [4.69, 9.17) is 5.73 Å². The molecule has 7 nitrogen and oxygen atoms in total. The van der Waals surface area contributed by atoms with Crippen molar-refractivity contribution in [3.8, 4) is 5.69 Å². The monoisotopic (exact) mass is 418 g/mol. The maximum atomic E-state index is 14.7. The zero-order valence-electron chi connectivity index (χ0n) is 17.5. The van der Waals surface area contributed by atoms with Gasteiger partial charge in [0.15, 0.2) is 5.82 Å². The molecule has 0 saturated heterocycles. The smallest absolute Gasteiger partial charge is 0.263 e. The second kappa shape index (κ2) is 8.06. The summed E-state index contributed by atoms with van der Waals surface area (Å²) in [6, 6.07) is 13.2. The number of nitrogens with two attached hydrogens (primary N) is 1. The summed E-state index contributed by atoms with van der Waals surface area (Å²) < 4.78 is 16.1. The molecule has 1 unspecified atom stereocenters. The summed E-state index contributed by atoms with van der Waals surface area (Å²) in [5.74, 6) is 0.300. The minimum Gasteiger partial charge on any atom is -0.382 e. The van der Waals surface area contributed by atoms with Crippen molar-refractivity contribution >= 4 is 22.4 Å². The van der Waals surface area contributed by atoms with E-state index in [9.17, 15) is 9.18 Å². The van der Waals surface area contributed by atoms with Crippen LogP contribution in [0.5, 0.6) is 0 Å². The van der Waals surface area contributed by atoms with E-state index < -0.39 is 11.9 Å². The van der Waals surface area contributed by atoms with Crippen LogP contribution in [0.4, 0.5) is 10.2 Å². The summed E-state index contributed by atoms with van der Waals surface area (Å²) in [7, 11) is 1.73. The predicted octanol–water partition coefficient (Wildman–Crippen LogP) is 3.67.